The van der Waals surface area contributed by atoms with Crippen LogP contribution in [-0.2, 0) is 11.2 Å². The summed E-state index contributed by atoms with van der Waals surface area (Å²) >= 11 is 1.50. The molecule has 0 spiro atoms. The Hall–Kier alpha value is -0.940. The summed E-state index contributed by atoms with van der Waals surface area (Å²) in [5, 5.41) is 14.6. The molecule has 0 aromatic carbocycles. The second-order valence-electron chi connectivity index (χ2n) is 4.66. The Morgan fingerprint density at radius 1 is 1.62 bits per heavy atom. The van der Waals surface area contributed by atoms with Gasteiger partial charge in [0.1, 0.15) is 5.01 Å². The van der Waals surface area contributed by atoms with E-state index >= 15 is 0 Å². The van der Waals surface area contributed by atoms with E-state index in [4.69, 9.17) is 5.11 Å². The average molecular weight is 242 g/mol. The molecule has 0 fully saturated rings. The van der Waals surface area contributed by atoms with Gasteiger partial charge in [-0.15, -0.1) is 11.3 Å². The van der Waals surface area contributed by atoms with Gasteiger partial charge in [0, 0.05) is 29.6 Å². The number of nitrogens with one attached hydrogen (secondary N) is 1. The zero-order chi connectivity index (χ0) is 12.2. The predicted molar refractivity (Wildman–Crippen MR) is 64.4 cm³/mol. The topological polar surface area (TPSA) is 62.2 Å². The lowest BCUT2D eigenvalue weighted by Crippen LogP contribution is -2.36. The van der Waals surface area contributed by atoms with Crippen molar-refractivity contribution >= 4 is 17.2 Å². The van der Waals surface area contributed by atoms with Crippen molar-refractivity contribution < 1.29 is 9.90 Å². The van der Waals surface area contributed by atoms with Crippen molar-refractivity contribution in [2.24, 2.45) is 5.41 Å². The Labute approximate surface area is 99.7 Å². The highest BCUT2D eigenvalue weighted by Gasteiger charge is 2.17. The molecule has 1 amide bonds. The van der Waals surface area contributed by atoms with E-state index in [1.807, 2.05) is 26.2 Å². The summed E-state index contributed by atoms with van der Waals surface area (Å²) in [6, 6.07) is 0. The lowest BCUT2D eigenvalue weighted by atomic mass is 9.95. The van der Waals surface area contributed by atoms with E-state index in [0.29, 0.717) is 13.0 Å². The third-order valence-corrected chi connectivity index (χ3v) is 3.14. The van der Waals surface area contributed by atoms with E-state index in [1.165, 1.54) is 11.3 Å². The first-order valence-electron chi connectivity index (χ1n) is 5.21. The van der Waals surface area contributed by atoms with Crippen LogP contribution in [0.5, 0.6) is 0 Å². The monoisotopic (exact) mass is 242 g/mol. The second kappa shape index (κ2) is 5.41. The molecular weight excluding hydrogens is 224 g/mol. The van der Waals surface area contributed by atoms with E-state index in [2.05, 4.69) is 10.3 Å². The Balaban J connectivity index is 2.37. The molecule has 16 heavy (non-hydrogen) atoms. The number of thiazole rings is 1. The molecule has 1 heterocycles. The fourth-order valence-corrected chi connectivity index (χ4v) is 1.85. The van der Waals surface area contributed by atoms with Gasteiger partial charge in [-0.1, -0.05) is 13.8 Å². The number of aliphatic hydroxyl groups excluding tert-OH is 1. The number of hydrogen-bond donors (Lipinski definition) is 2. The molecule has 1 aromatic heterocycles. The minimum atomic E-state index is -0.269. The zero-order valence-corrected chi connectivity index (χ0v) is 10.7. The van der Waals surface area contributed by atoms with Crippen LogP contribution in [0.4, 0.5) is 0 Å². The van der Waals surface area contributed by atoms with E-state index in [-0.39, 0.29) is 17.9 Å². The van der Waals surface area contributed by atoms with Crippen LogP contribution in [-0.4, -0.2) is 29.1 Å². The molecule has 0 aliphatic heterocycles. The minimum Gasteiger partial charge on any atom is -0.396 e. The summed E-state index contributed by atoms with van der Waals surface area (Å²) < 4.78 is 0. The number of hydrogen-bond acceptors (Lipinski definition) is 4. The Morgan fingerprint density at radius 2 is 2.31 bits per heavy atom. The van der Waals surface area contributed by atoms with Gasteiger partial charge < -0.3 is 10.4 Å². The fraction of sp³-hybridized carbons (Fsp3) is 0.636. The molecule has 0 saturated heterocycles. The number of rotatable bonds is 5. The van der Waals surface area contributed by atoms with Crippen molar-refractivity contribution in [3.05, 3.63) is 16.1 Å². The van der Waals surface area contributed by atoms with Crippen LogP contribution in [0.3, 0.4) is 0 Å². The molecule has 0 unspecified atom stereocenters. The van der Waals surface area contributed by atoms with Crippen molar-refractivity contribution in [2.75, 3.05) is 13.2 Å². The molecule has 0 saturated carbocycles. The molecular formula is C11H18N2O2S. The van der Waals surface area contributed by atoms with E-state index < -0.39 is 0 Å². The number of aryl methyl sites for hydroxylation is 1. The first-order chi connectivity index (χ1) is 7.43. The largest absolute Gasteiger partial charge is 0.396 e. The van der Waals surface area contributed by atoms with Gasteiger partial charge >= 0.3 is 0 Å². The first kappa shape index (κ1) is 13.1. The van der Waals surface area contributed by atoms with Crippen molar-refractivity contribution in [2.45, 2.75) is 27.2 Å². The van der Waals surface area contributed by atoms with Gasteiger partial charge in [-0.2, -0.15) is 0 Å². The molecule has 1 rings (SSSR count). The standard InChI is InChI=1S/C11H18N2O2S/c1-8-5-16-10(13-8)4-9(15)12-6-11(2,3)7-14/h5,14H,4,6-7H2,1-3H3,(H,12,15). The molecule has 0 aliphatic rings. The minimum absolute atomic E-state index is 0.0455. The molecule has 0 radical (unpaired) electrons. The Kier molecular flexibility index (Phi) is 4.44. The van der Waals surface area contributed by atoms with E-state index in [9.17, 15) is 4.79 Å². The van der Waals surface area contributed by atoms with Gasteiger partial charge in [-0.05, 0) is 6.92 Å². The molecule has 1 aromatic rings. The van der Waals surface area contributed by atoms with Gasteiger partial charge in [0.05, 0.1) is 6.42 Å². The normalized spacial score (nSPS) is 11.5. The SMILES string of the molecule is Cc1csc(CC(=O)NCC(C)(C)CO)n1. The van der Waals surface area contributed by atoms with Gasteiger partial charge in [-0.25, -0.2) is 4.98 Å². The van der Waals surface area contributed by atoms with Gasteiger partial charge in [0.15, 0.2) is 0 Å². The number of aliphatic hydroxyl groups is 1. The molecule has 0 atom stereocenters. The first-order valence-corrected chi connectivity index (χ1v) is 6.09. The molecule has 0 bridgehead atoms. The highest BCUT2D eigenvalue weighted by molar-refractivity contribution is 7.09. The van der Waals surface area contributed by atoms with Crippen molar-refractivity contribution in [3.63, 3.8) is 0 Å². The van der Waals surface area contributed by atoms with Crippen LogP contribution in [0, 0.1) is 12.3 Å². The van der Waals surface area contributed by atoms with Crippen molar-refractivity contribution in [1.82, 2.24) is 10.3 Å². The lowest BCUT2D eigenvalue weighted by Gasteiger charge is -2.21. The number of carbonyl (C=O) groups is 1. The fourth-order valence-electron chi connectivity index (χ4n) is 1.08. The smallest absolute Gasteiger partial charge is 0.226 e. The van der Waals surface area contributed by atoms with Crippen LogP contribution >= 0.6 is 11.3 Å². The second-order valence-corrected chi connectivity index (χ2v) is 5.60. The quantitative estimate of drug-likeness (QED) is 0.813. The molecule has 4 nitrogen and oxygen atoms in total. The third kappa shape index (κ3) is 4.28. The van der Waals surface area contributed by atoms with Gasteiger partial charge in [0.2, 0.25) is 5.91 Å². The van der Waals surface area contributed by atoms with Crippen molar-refractivity contribution in [3.8, 4) is 0 Å². The third-order valence-electron chi connectivity index (χ3n) is 2.17. The molecule has 0 aliphatic carbocycles. The zero-order valence-electron chi connectivity index (χ0n) is 9.91. The number of amides is 1. The maximum atomic E-state index is 11.6. The van der Waals surface area contributed by atoms with Crippen LogP contribution in [0.25, 0.3) is 0 Å². The highest BCUT2D eigenvalue weighted by atomic mass is 32.1. The maximum Gasteiger partial charge on any atom is 0.226 e. The lowest BCUT2D eigenvalue weighted by molar-refractivity contribution is -0.121. The predicted octanol–water partition coefficient (Wildman–Crippen LogP) is 1.13. The number of carbonyl (C=O) groups excluding carboxylic acids is 1. The summed E-state index contributed by atoms with van der Waals surface area (Å²) in [4.78, 5) is 15.8. The number of nitrogens with zero attached hydrogens (tertiary/aromatic N) is 1. The maximum absolute atomic E-state index is 11.6. The van der Waals surface area contributed by atoms with Crippen LogP contribution in [0.2, 0.25) is 0 Å². The highest BCUT2D eigenvalue weighted by Crippen LogP contribution is 2.12. The molecule has 5 heteroatoms. The molecule has 90 valence electrons. The summed E-state index contributed by atoms with van der Waals surface area (Å²) in [6.07, 6.45) is 0.319. The van der Waals surface area contributed by atoms with Crippen LogP contribution < -0.4 is 5.32 Å². The summed E-state index contributed by atoms with van der Waals surface area (Å²) in [5.41, 5.74) is 0.678. The van der Waals surface area contributed by atoms with Gasteiger partial charge in [0.25, 0.3) is 0 Å². The summed E-state index contributed by atoms with van der Waals surface area (Å²) in [7, 11) is 0. The number of aromatic nitrogens is 1. The van der Waals surface area contributed by atoms with Crippen molar-refractivity contribution in [1.29, 1.82) is 0 Å². The van der Waals surface area contributed by atoms with Crippen LogP contribution in [0.1, 0.15) is 24.5 Å². The summed E-state index contributed by atoms with van der Waals surface area (Å²) in [6.45, 7) is 6.25. The van der Waals surface area contributed by atoms with Gasteiger partial charge in [-0.3, -0.25) is 4.79 Å². The molecule has 2 N–H and O–H groups in total. The average Bonchev–Trinajstić information content (AvgIpc) is 2.61. The summed E-state index contributed by atoms with van der Waals surface area (Å²) in [5.74, 6) is -0.0455. The van der Waals surface area contributed by atoms with E-state index in [0.717, 1.165) is 10.7 Å². The van der Waals surface area contributed by atoms with E-state index in [1.54, 1.807) is 0 Å². The Morgan fingerprint density at radius 3 is 2.81 bits per heavy atom. The van der Waals surface area contributed by atoms with Crippen LogP contribution in [0.15, 0.2) is 5.38 Å². The Bertz CT molecular complexity index is 361.